The van der Waals surface area contributed by atoms with E-state index in [1.165, 1.54) is 10.9 Å². The van der Waals surface area contributed by atoms with Gasteiger partial charge < -0.3 is 5.11 Å². The molecule has 36 heavy (non-hydrogen) atoms. The van der Waals surface area contributed by atoms with E-state index >= 15 is 0 Å². The van der Waals surface area contributed by atoms with Gasteiger partial charge in [-0.2, -0.15) is 18.3 Å². The number of aliphatic hydroxyl groups is 1. The molecule has 0 bridgehead atoms. The molecule has 2 amide bonds. The minimum Gasteiger partial charge on any atom is -0.391 e. The van der Waals surface area contributed by atoms with Gasteiger partial charge in [-0.05, 0) is 66.1 Å². The highest BCUT2D eigenvalue weighted by atomic mass is 32.2. The number of thioether (sulfide) groups is 1. The van der Waals surface area contributed by atoms with Crippen LogP contribution in [0.4, 0.5) is 22.4 Å². The predicted octanol–water partition coefficient (Wildman–Crippen LogP) is 5.58. The second kappa shape index (κ2) is 9.36. The van der Waals surface area contributed by atoms with Gasteiger partial charge in [-0.15, -0.1) is 0 Å². The van der Waals surface area contributed by atoms with E-state index in [9.17, 15) is 32.3 Å². The number of amides is 2. The molecule has 11 heteroatoms. The number of aromatic nitrogens is 2. The number of carbonyl (C=O) groups is 2. The first-order valence-electron chi connectivity index (χ1n) is 11.4. The molecule has 1 unspecified atom stereocenters. The molecule has 0 spiro atoms. The summed E-state index contributed by atoms with van der Waals surface area (Å²) in [5, 5.41) is 14.7. The van der Waals surface area contributed by atoms with E-state index in [0.717, 1.165) is 41.6 Å². The number of carbonyl (C=O) groups excluding carboxylic acids is 2. The van der Waals surface area contributed by atoms with E-state index in [1.54, 1.807) is 24.3 Å². The minimum atomic E-state index is -4.70. The number of nitrogens with zero attached hydrogens (tertiary/aromatic N) is 3. The number of benzene rings is 2. The Kier molecular flexibility index (Phi) is 6.37. The van der Waals surface area contributed by atoms with Crippen LogP contribution in [0.25, 0.3) is 17.0 Å². The summed E-state index contributed by atoms with van der Waals surface area (Å²) in [4.78, 5) is 26.9. The summed E-state index contributed by atoms with van der Waals surface area (Å²) in [6, 6.07) is 7.09. The van der Waals surface area contributed by atoms with Gasteiger partial charge in [0.1, 0.15) is 5.82 Å². The van der Waals surface area contributed by atoms with Crippen LogP contribution in [0.2, 0.25) is 0 Å². The molecule has 2 heterocycles. The number of halogens is 4. The number of hydrogen-bond donors (Lipinski definition) is 1. The molecule has 5 rings (SSSR count). The van der Waals surface area contributed by atoms with Gasteiger partial charge in [0.2, 0.25) is 0 Å². The second-order valence-electron chi connectivity index (χ2n) is 8.89. The lowest BCUT2D eigenvalue weighted by Gasteiger charge is -2.33. The Morgan fingerprint density at radius 3 is 2.64 bits per heavy atom. The van der Waals surface area contributed by atoms with E-state index in [0.29, 0.717) is 35.4 Å². The number of imide groups is 1. The van der Waals surface area contributed by atoms with Crippen molar-refractivity contribution in [1.82, 2.24) is 14.7 Å². The van der Waals surface area contributed by atoms with Gasteiger partial charge in [-0.1, -0.05) is 25.0 Å². The molecule has 2 fully saturated rings. The van der Waals surface area contributed by atoms with Crippen molar-refractivity contribution in [3.63, 3.8) is 0 Å². The molecule has 2 aromatic carbocycles. The molecule has 1 saturated heterocycles. The summed E-state index contributed by atoms with van der Waals surface area (Å²) in [6.45, 7) is -0.208. The predicted molar refractivity (Wildman–Crippen MR) is 126 cm³/mol. The van der Waals surface area contributed by atoms with Gasteiger partial charge in [-0.3, -0.25) is 19.2 Å². The van der Waals surface area contributed by atoms with Crippen molar-refractivity contribution >= 4 is 39.9 Å². The Bertz CT molecular complexity index is 1380. The molecule has 0 radical (unpaired) electrons. The first kappa shape index (κ1) is 24.5. The molecule has 2 atom stereocenters. The number of rotatable bonds is 4. The van der Waals surface area contributed by atoms with Gasteiger partial charge in [0.05, 0.1) is 40.9 Å². The second-order valence-corrected chi connectivity index (χ2v) is 9.88. The lowest BCUT2D eigenvalue weighted by molar-refractivity contribution is -0.138. The van der Waals surface area contributed by atoms with Crippen molar-refractivity contribution in [1.29, 1.82) is 0 Å². The zero-order valence-corrected chi connectivity index (χ0v) is 19.7. The summed E-state index contributed by atoms with van der Waals surface area (Å²) in [7, 11) is 0. The molecule has 1 aliphatic carbocycles. The number of aliphatic hydroxyl groups excluding tert-OH is 1. The van der Waals surface area contributed by atoms with Crippen LogP contribution in [0, 0.1) is 5.82 Å². The summed E-state index contributed by atoms with van der Waals surface area (Å²) >= 11 is 0.819. The van der Waals surface area contributed by atoms with Crippen molar-refractivity contribution in [2.24, 2.45) is 0 Å². The zero-order chi connectivity index (χ0) is 25.6. The third-order valence-corrected chi connectivity index (χ3v) is 7.39. The van der Waals surface area contributed by atoms with Crippen LogP contribution in [-0.2, 0) is 17.5 Å². The average Bonchev–Trinajstić information content (AvgIpc) is 3.34. The zero-order valence-electron chi connectivity index (χ0n) is 18.8. The van der Waals surface area contributed by atoms with Gasteiger partial charge in [0.25, 0.3) is 11.1 Å². The van der Waals surface area contributed by atoms with Crippen molar-refractivity contribution < 1.29 is 32.3 Å². The van der Waals surface area contributed by atoms with Crippen molar-refractivity contribution in [3.05, 3.63) is 70.0 Å². The fourth-order valence-corrected chi connectivity index (χ4v) is 5.63. The molecular weight excluding hydrogens is 498 g/mol. The van der Waals surface area contributed by atoms with Crippen molar-refractivity contribution in [2.75, 3.05) is 0 Å². The van der Waals surface area contributed by atoms with Crippen LogP contribution in [0.5, 0.6) is 0 Å². The molecule has 1 aliphatic heterocycles. The smallest absolute Gasteiger partial charge is 0.391 e. The molecular formula is C25H21F4N3O3S. The van der Waals surface area contributed by atoms with Crippen LogP contribution in [-0.4, -0.2) is 43.1 Å². The first-order chi connectivity index (χ1) is 17.1. The van der Waals surface area contributed by atoms with Gasteiger partial charge in [-0.25, -0.2) is 4.39 Å². The highest BCUT2D eigenvalue weighted by Gasteiger charge is 2.43. The van der Waals surface area contributed by atoms with E-state index in [-0.39, 0.29) is 17.0 Å². The summed E-state index contributed by atoms with van der Waals surface area (Å²) in [6.07, 6.45) is 0.460. The van der Waals surface area contributed by atoms with E-state index in [1.807, 2.05) is 0 Å². The Morgan fingerprint density at radius 1 is 1.11 bits per heavy atom. The molecule has 6 nitrogen and oxygen atoms in total. The summed E-state index contributed by atoms with van der Waals surface area (Å²) < 4.78 is 54.9. The van der Waals surface area contributed by atoms with Crippen molar-refractivity contribution in [2.45, 2.75) is 50.6 Å². The Balaban J connectivity index is 1.40. The topological polar surface area (TPSA) is 75.4 Å². The van der Waals surface area contributed by atoms with Crippen LogP contribution in [0.15, 0.2) is 47.5 Å². The SMILES string of the molecule is O=C1S/C(=C\c2ccc3c(cnn3Cc3ccc(F)cc3C(F)(F)F)c2)C(=O)N1C1CCCC[C@@H]1O. The monoisotopic (exact) mass is 519 g/mol. The maximum Gasteiger partial charge on any atom is 0.416 e. The Hall–Kier alpha value is -3.18. The van der Waals surface area contributed by atoms with Gasteiger partial charge in [0.15, 0.2) is 0 Å². The lowest BCUT2D eigenvalue weighted by Crippen LogP contribution is -2.47. The number of hydrogen-bond acceptors (Lipinski definition) is 5. The molecule has 1 aromatic heterocycles. The number of alkyl halides is 3. The van der Waals surface area contributed by atoms with Crippen LogP contribution < -0.4 is 0 Å². The highest BCUT2D eigenvalue weighted by molar-refractivity contribution is 8.18. The number of fused-ring (bicyclic) bond motifs is 1. The Morgan fingerprint density at radius 2 is 1.89 bits per heavy atom. The van der Waals surface area contributed by atoms with Gasteiger partial charge >= 0.3 is 6.18 Å². The lowest BCUT2D eigenvalue weighted by atomic mass is 9.91. The summed E-state index contributed by atoms with van der Waals surface area (Å²) in [5.41, 5.74) is 0.00988. The third-order valence-electron chi connectivity index (χ3n) is 6.51. The molecule has 3 aromatic rings. The molecule has 188 valence electrons. The standard InChI is InChI=1S/C25H21F4N3O3S/c26-17-7-6-15(18(11-17)25(27,28)29)13-31-19-8-5-14(9-16(19)12-30-31)10-22-23(34)32(24(35)36-22)20-3-1-2-4-21(20)33/h5-12,20-21,33H,1-4,13H2/b22-10-/t20?,21-/m0/s1. The molecule has 1 N–H and O–H groups in total. The highest BCUT2D eigenvalue weighted by Crippen LogP contribution is 2.38. The largest absolute Gasteiger partial charge is 0.416 e. The van der Waals surface area contributed by atoms with Crippen molar-refractivity contribution in [3.8, 4) is 0 Å². The quantitative estimate of drug-likeness (QED) is 0.360. The fraction of sp³-hybridized carbons (Fsp3) is 0.320. The maximum absolute atomic E-state index is 13.4. The van der Waals surface area contributed by atoms with Crippen LogP contribution >= 0.6 is 11.8 Å². The first-order valence-corrected chi connectivity index (χ1v) is 12.2. The molecule has 1 saturated carbocycles. The summed E-state index contributed by atoms with van der Waals surface area (Å²) in [5.74, 6) is -1.41. The third kappa shape index (κ3) is 4.64. The Labute approximate surface area is 207 Å². The maximum atomic E-state index is 13.4. The fourth-order valence-electron chi connectivity index (χ4n) is 4.74. The van der Waals surface area contributed by atoms with E-state index in [2.05, 4.69) is 5.10 Å². The van der Waals surface area contributed by atoms with E-state index in [4.69, 9.17) is 0 Å². The minimum absolute atomic E-state index is 0.114. The van der Waals surface area contributed by atoms with Crippen LogP contribution in [0.1, 0.15) is 42.4 Å². The average molecular weight is 520 g/mol. The van der Waals surface area contributed by atoms with Gasteiger partial charge in [0, 0.05) is 5.39 Å². The normalized spacial score (nSPS) is 22.2. The molecule has 2 aliphatic rings. The van der Waals surface area contributed by atoms with Crippen LogP contribution in [0.3, 0.4) is 0 Å². The van der Waals surface area contributed by atoms with E-state index < -0.39 is 40.8 Å².